The van der Waals surface area contributed by atoms with Crippen LogP contribution in [0, 0.1) is 10.5 Å². The molecule has 36 heavy (non-hydrogen) atoms. The summed E-state index contributed by atoms with van der Waals surface area (Å²) in [5, 5.41) is 0. The van der Waals surface area contributed by atoms with Gasteiger partial charge >= 0.3 is 5.97 Å². The van der Waals surface area contributed by atoms with Gasteiger partial charge in [-0.2, -0.15) is 0 Å². The number of hydrogen-bond donors (Lipinski definition) is 0. The summed E-state index contributed by atoms with van der Waals surface area (Å²) >= 11 is 7.15. The molecule has 0 fully saturated rings. The molecule has 188 valence electrons. The number of nitrogens with zero attached hydrogens (tertiary/aromatic N) is 2. The molecule has 0 N–H and O–H groups in total. The van der Waals surface area contributed by atoms with Crippen molar-refractivity contribution in [1.82, 2.24) is 4.57 Å². The lowest BCUT2D eigenvalue weighted by Gasteiger charge is -2.24. The molecule has 1 aliphatic rings. The lowest BCUT2D eigenvalue weighted by atomic mass is 9.95. The number of hydrogen-bond acceptors (Lipinski definition) is 6. The maximum Gasteiger partial charge on any atom is 0.338 e. The van der Waals surface area contributed by atoms with Gasteiger partial charge in [-0.3, -0.25) is 9.36 Å². The Labute approximate surface area is 235 Å². The van der Waals surface area contributed by atoms with Crippen molar-refractivity contribution in [2.24, 2.45) is 4.99 Å². The van der Waals surface area contributed by atoms with Crippen molar-refractivity contribution in [3.05, 3.63) is 92.1 Å². The van der Waals surface area contributed by atoms with E-state index in [-0.39, 0.29) is 18.3 Å². The van der Waals surface area contributed by atoms with Crippen LogP contribution >= 0.6 is 49.9 Å². The van der Waals surface area contributed by atoms with Crippen molar-refractivity contribution in [3.63, 3.8) is 0 Å². The first-order chi connectivity index (χ1) is 17.1. The van der Waals surface area contributed by atoms with Gasteiger partial charge in [0.2, 0.25) is 0 Å². The Kier molecular flexibility index (Phi) is 8.21. The molecular weight excluding hydrogens is 655 g/mol. The second-order valence-corrected chi connectivity index (χ2v) is 11.7. The van der Waals surface area contributed by atoms with E-state index in [0.29, 0.717) is 20.6 Å². The first kappa shape index (κ1) is 26.8. The number of halogens is 2. The number of fused-ring (bicyclic) bond motifs is 1. The van der Waals surface area contributed by atoms with Crippen LogP contribution in [0.15, 0.2) is 61.9 Å². The van der Waals surface area contributed by atoms with Crippen LogP contribution < -0.4 is 19.6 Å². The zero-order chi connectivity index (χ0) is 26.1. The Morgan fingerprint density at radius 2 is 1.94 bits per heavy atom. The van der Waals surface area contributed by atoms with Gasteiger partial charge in [0.15, 0.2) is 4.80 Å². The van der Waals surface area contributed by atoms with Crippen LogP contribution in [-0.2, 0) is 9.53 Å². The van der Waals surface area contributed by atoms with Crippen LogP contribution in [0.1, 0.15) is 50.4 Å². The highest BCUT2D eigenvalue weighted by atomic mass is 127. The summed E-state index contributed by atoms with van der Waals surface area (Å²) in [7, 11) is 0. The second kappa shape index (κ2) is 11.0. The highest BCUT2D eigenvalue weighted by Crippen LogP contribution is 2.33. The third-order valence-corrected chi connectivity index (χ3v) is 7.96. The van der Waals surface area contributed by atoms with Gasteiger partial charge in [0, 0.05) is 0 Å². The van der Waals surface area contributed by atoms with Gasteiger partial charge < -0.3 is 9.47 Å². The minimum Gasteiger partial charge on any atom is -0.489 e. The second-order valence-electron chi connectivity index (χ2n) is 8.69. The van der Waals surface area contributed by atoms with Crippen LogP contribution in [0.3, 0.4) is 0 Å². The zero-order valence-corrected chi connectivity index (χ0v) is 25.2. The van der Waals surface area contributed by atoms with E-state index in [2.05, 4.69) is 43.5 Å². The number of allylic oxidation sites excluding steroid dienone is 1. The number of thiazole rings is 1. The molecule has 0 amide bonds. The summed E-state index contributed by atoms with van der Waals surface area (Å²) in [4.78, 5) is 31.9. The molecule has 1 atom stereocenters. The molecule has 0 unspecified atom stereocenters. The molecule has 9 heteroatoms. The fraction of sp³-hybridized carbons (Fsp3) is 0.296. The van der Waals surface area contributed by atoms with Crippen molar-refractivity contribution in [2.75, 3.05) is 6.61 Å². The van der Waals surface area contributed by atoms with E-state index in [1.807, 2.05) is 63.2 Å². The van der Waals surface area contributed by atoms with Crippen LogP contribution in [0.2, 0.25) is 0 Å². The fourth-order valence-corrected chi connectivity index (χ4v) is 6.78. The fourth-order valence-electron chi connectivity index (χ4n) is 4.02. The predicted octanol–water partition coefficient (Wildman–Crippen LogP) is 5.26. The highest BCUT2D eigenvalue weighted by molar-refractivity contribution is 14.1. The Bertz CT molecular complexity index is 1510. The van der Waals surface area contributed by atoms with Crippen LogP contribution in [0.25, 0.3) is 6.08 Å². The first-order valence-electron chi connectivity index (χ1n) is 11.5. The quantitative estimate of drug-likeness (QED) is 0.263. The minimum atomic E-state index is -0.614. The molecule has 0 saturated carbocycles. The van der Waals surface area contributed by atoms with Crippen LogP contribution in [-0.4, -0.2) is 23.2 Å². The van der Waals surface area contributed by atoms with E-state index in [1.54, 1.807) is 18.4 Å². The maximum absolute atomic E-state index is 13.8. The van der Waals surface area contributed by atoms with E-state index >= 15 is 0 Å². The molecule has 0 saturated heterocycles. The molecule has 3 aromatic rings. The maximum atomic E-state index is 13.8. The van der Waals surface area contributed by atoms with Crippen LogP contribution in [0.4, 0.5) is 0 Å². The van der Waals surface area contributed by atoms with Gasteiger partial charge in [-0.1, -0.05) is 41.2 Å². The van der Waals surface area contributed by atoms with Gasteiger partial charge in [0.1, 0.15) is 5.75 Å². The molecule has 0 aliphatic carbocycles. The molecule has 0 radical (unpaired) electrons. The number of carbonyl (C=O) groups excluding carboxylic acids is 1. The zero-order valence-electron chi connectivity index (χ0n) is 20.6. The standard InChI is InChI=1S/C27H26BrIN2O4S/c1-6-34-26(33)22-16(5)30-27-31(23(22)18-9-7-15(4)8-10-18)25(32)21(36-27)13-17-11-19(28)24(20(29)12-17)35-14(2)3/h7-14,23H,6H2,1-5H3/b21-13-/t23-/m1/s1. The van der Waals surface area contributed by atoms with Gasteiger partial charge in [-0.15, -0.1) is 0 Å². The molecule has 2 aromatic carbocycles. The number of benzene rings is 2. The molecule has 4 rings (SSSR count). The van der Waals surface area contributed by atoms with Crippen LogP contribution in [0.5, 0.6) is 5.75 Å². The highest BCUT2D eigenvalue weighted by Gasteiger charge is 2.33. The summed E-state index contributed by atoms with van der Waals surface area (Å²) in [6, 6.07) is 11.1. The summed E-state index contributed by atoms with van der Waals surface area (Å²) in [5.41, 5.74) is 3.52. The molecule has 2 heterocycles. The summed E-state index contributed by atoms with van der Waals surface area (Å²) in [5.74, 6) is 0.316. The Morgan fingerprint density at radius 3 is 2.56 bits per heavy atom. The van der Waals surface area contributed by atoms with Crippen molar-refractivity contribution in [2.45, 2.75) is 46.8 Å². The van der Waals surface area contributed by atoms with Crippen molar-refractivity contribution in [3.8, 4) is 5.75 Å². The molecule has 1 aliphatic heterocycles. The number of ether oxygens (including phenoxy) is 2. The number of aromatic nitrogens is 1. The molecular formula is C27H26BrIN2O4S. The van der Waals surface area contributed by atoms with E-state index < -0.39 is 12.0 Å². The average molecular weight is 681 g/mol. The normalized spacial score (nSPS) is 15.7. The number of rotatable bonds is 6. The smallest absolute Gasteiger partial charge is 0.338 e. The van der Waals surface area contributed by atoms with E-state index in [9.17, 15) is 9.59 Å². The topological polar surface area (TPSA) is 69.9 Å². The number of esters is 1. The van der Waals surface area contributed by atoms with E-state index in [0.717, 1.165) is 30.5 Å². The Hall–Kier alpha value is -2.24. The summed E-state index contributed by atoms with van der Waals surface area (Å²) in [6.07, 6.45) is 1.90. The molecule has 1 aromatic heterocycles. The molecule has 6 nitrogen and oxygen atoms in total. The third-order valence-electron chi connectivity index (χ3n) is 5.58. The van der Waals surface area contributed by atoms with Crippen molar-refractivity contribution in [1.29, 1.82) is 0 Å². The largest absolute Gasteiger partial charge is 0.489 e. The predicted molar refractivity (Wildman–Crippen MR) is 154 cm³/mol. The Morgan fingerprint density at radius 1 is 1.25 bits per heavy atom. The lowest BCUT2D eigenvalue weighted by molar-refractivity contribution is -0.139. The third kappa shape index (κ3) is 5.38. The van der Waals surface area contributed by atoms with Gasteiger partial charge in [-0.05, 0) is 102 Å². The lowest BCUT2D eigenvalue weighted by Crippen LogP contribution is -2.39. The molecule has 0 bridgehead atoms. The SMILES string of the molecule is CCOC(=O)C1=C(C)N=c2s/c(=C\c3cc(Br)c(OC(C)C)c(I)c3)c(=O)n2[C@@H]1c1ccc(C)cc1. The number of aryl methyl sites for hydroxylation is 1. The van der Waals surface area contributed by atoms with E-state index in [1.165, 1.54) is 11.3 Å². The number of carbonyl (C=O) groups is 1. The van der Waals surface area contributed by atoms with Gasteiger partial charge in [0.05, 0.1) is 42.6 Å². The summed E-state index contributed by atoms with van der Waals surface area (Å²) < 4.78 is 15.2. The first-order valence-corrected chi connectivity index (χ1v) is 14.2. The Balaban J connectivity index is 1.90. The van der Waals surface area contributed by atoms with Crippen molar-refractivity contribution < 1.29 is 14.3 Å². The van der Waals surface area contributed by atoms with E-state index in [4.69, 9.17) is 9.47 Å². The summed E-state index contributed by atoms with van der Waals surface area (Å²) in [6.45, 7) is 9.75. The van der Waals surface area contributed by atoms with Crippen molar-refractivity contribution >= 4 is 61.9 Å². The average Bonchev–Trinajstić information content (AvgIpc) is 3.10. The van der Waals surface area contributed by atoms with Gasteiger partial charge in [-0.25, -0.2) is 9.79 Å². The monoisotopic (exact) mass is 680 g/mol. The van der Waals surface area contributed by atoms with Gasteiger partial charge in [0.25, 0.3) is 5.56 Å². The minimum absolute atomic E-state index is 0.0444. The molecule has 0 spiro atoms.